The van der Waals surface area contributed by atoms with Crippen molar-refractivity contribution in [2.75, 3.05) is 18.5 Å². The van der Waals surface area contributed by atoms with E-state index in [1.807, 2.05) is 13.0 Å². The Bertz CT molecular complexity index is 345. The van der Waals surface area contributed by atoms with Gasteiger partial charge in [-0.15, -0.1) is 0 Å². The predicted octanol–water partition coefficient (Wildman–Crippen LogP) is 2.60. The average Bonchev–Trinajstić information content (AvgIpc) is 2.28. The number of nitrogens with one attached hydrogen (secondary N) is 1. The number of pyridine rings is 1. The van der Waals surface area contributed by atoms with Crippen molar-refractivity contribution < 1.29 is 9.53 Å². The van der Waals surface area contributed by atoms with Gasteiger partial charge in [0.05, 0.1) is 17.5 Å². The molecule has 5 heteroatoms. The van der Waals surface area contributed by atoms with Crippen LogP contribution in [0.2, 0.25) is 0 Å². The minimum Gasteiger partial charge on any atom is -0.381 e. The number of ether oxygens (including phenoxy) is 1. The van der Waals surface area contributed by atoms with Crippen LogP contribution >= 0.6 is 15.9 Å². The number of rotatable bonds is 6. The van der Waals surface area contributed by atoms with Crippen LogP contribution in [0, 0.1) is 0 Å². The van der Waals surface area contributed by atoms with Crippen LogP contribution in [0.3, 0.4) is 0 Å². The molecular weight excluding hydrogens is 272 g/mol. The van der Waals surface area contributed by atoms with Gasteiger partial charge in [0.15, 0.2) is 0 Å². The third-order valence-electron chi connectivity index (χ3n) is 1.84. The molecule has 0 spiro atoms. The van der Waals surface area contributed by atoms with Crippen LogP contribution in [0.25, 0.3) is 0 Å². The second-order valence-corrected chi connectivity index (χ2v) is 4.10. The second-order valence-electron chi connectivity index (χ2n) is 3.24. The summed E-state index contributed by atoms with van der Waals surface area (Å²) >= 11 is 3.31. The smallest absolute Gasteiger partial charge is 0.227 e. The molecule has 0 aliphatic rings. The first kappa shape index (κ1) is 13.1. The van der Waals surface area contributed by atoms with E-state index in [0.717, 1.165) is 10.9 Å². The van der Waals surface area contributed by atoms with E-state index in [2.05, 4.69) is 26.2 Å². The molecule has 0 aliphatic heterocycles. The van der Waals surface area contributed by atoms with Crippen LogP contribution < -0.4 is 5.32 Å². The monoisotopic (exact) mass is 286 g/mol. The zero-order valence-electron chi connectivity index (χ0n) is 9.20. The fourth-order valence-corrected chi connectivity index (χ4v) is 1.44. The average molecular weight is 287 g/mol. The number of hydrogen-bond acceptors (Lipinski definition) is 3. The Morgan fingerprint density at radius 2 is 2.38 bits per heavy atom. The maximum Gasteiger partial charge on any atom is 0.227 e. The first-order valence-corrected chi connectivity index (χ1v) is 6.01. The van der Waals surface area contributed by atoms with Crippen molar-refractivity contribution in [2.45, 2.75) is 19.8 Å². The summed E-state index contributed by atoms with van der Waals surface area (Å²) in [5, 5.41) is 2.71. The summed E-state index contributed by atoms with van der Waals surface area (Å²) in [5.74, 6) is 0.457. The van der Waals surface area contributed by atoms with Gasteiger partial charge in [-0.1, -0.05) is 6.92 Å². The Hall–Kier alpha value is -0.940. The standard InChI is InChI=1S/C11H15BrN2O2/c1-2-7-16-8-5-10(15)14-11-9(12)4-3-6-13-11/h3-4,6H,2,5,7-8H2,1H3,(H,13,14,15). The van der Waals surface area contributed by atoms with Crippen molar-refractivity contribution in [3.8, 4) is 0 Å². The van der Waals surface area contributed by atoms with E-state index in [9.17, 15) is 4.79 Å². The van der Waals surface area contributed by atoms with Gasteiger partial charge in [-0.05, 0) is 34.5 Å². The number of carbonyl (C=O) groups excluding carboxylic acids is 1. The lowest BCUT2D eigenvalue weighted by Crippen LogP contribution is -2.15. The highest BCUT2D eigenvalue weighted by Crippen LogP contribution is 2.18. The molecule has 88 valence electrons. The zero-order chi connectivity index (χ0) is 11.8. The lowest BCUT2D eigenvalue weighted by atomic mass is 10.4. The molecule has 0 fully saturated rings. The number of hydrogen-bond donors (Lipinski definition) is 1. The van der Waals surface area contributed by atoms with Crippen molar-refractivity contribution in [1.82, 2.24) is 4.98 Å². The molecule has 1 amide bonds. The maximum absolute atomic E-state index is 11.5. The van der Waals surface area contributed by atoms with Crippen LogP contribution in [0.15, 0.2) is 22.8 Å². The molecule has 4 nitrogen and oxygen atoms in total. The summed E-state index contributed by atoms with van der Waals surface area (Å²) in [6, 6.07) is 3.63. The normalized spacial score (nSPS) is 10.1. The number of nitrogens with zero attached hydrogens (tertiary/aromatic N) is 1. The lowest BCUT2D eigenvalue weighted by molar-refractivity contribution is -0.117. The third-order valence-corrected chi connectivity index (χ3v) is 2.48. The molecule has 16 heavy (non-hydrogen) atoms. The largest absolute Gasteiger partial charge is 0.381 e. The van der Waals surface area contributed by atoms with E-state index < -0.39 is 0 Å². The number of aromatic nitrogens is 1. The summed E-state index contributed by atoms with van der Waals surface area (Å²) in [7, 11) is 0. The van der Waals surface area contributed by atoms with Gasteiger partial charge >= 0.3 is 0 Å². The fraction of sp³-hybridized carbons (Fsp3) is 0.455. The van der Waals surface area contributed by atoms with Crippen LogP contribution in [0.1, 0.15) is 19.8 Å². The first-order chi connectivity index (χ1) is 7.74. The molecule has 0 aliphatic carbocycles. The van der Waals surface area contributed by atoms with Gasteiger partial charge < -0.3 is 10.1 Å². The van der Waals surface area contributed by atoms with Gasteiger partial charge in [0.2, 0.25) is 5.91 Å². The van der Waals surface area contributed by atoms with E-state index in [-0.39, 0.29) is 5.91 Å². The zero-order valence-corrected chi connectivity index (χ0v) is 10.8. The maximum atomic E-state index is 11.5. The molecule has 0 radical (unpaired) electrons. The predicted molar refractivity (Wildman–Crippen MR) is 66.3 cm³/mol. The van der Waals surface area contributed by atoms with E-state index in [0.29, 0.717) is 25.5 Å². The minimum absolute atomic E-state index is 0.0875. The molecule has 0 bridgehead atoms. The van der Waals surface area contributed by atoms with Gasteiger partial charge in [-0.25, -0.2) is 4.98 Å². The fourth-order valence-electron chi connectivity index (χ4n) is 1.08. The Kier molecular flexibility index (Phi) is 6.03. The Balaban J connectivity index is 2.32. The molecule has 0 saturated heterocycles. The van der Waals surface area contributed by atoms with Crippen molar-refractivity contribution in [3.05, 3.63) is 22.8 Å². The highest BCUT2D eigenvalue weighted by atomic mass is 79.9. The third kappa shape index (κ3) is 4.72. The summed E-state index contributed by atoms with van der Waals surface area (Å²) in [6.45, 7) is 3.18. The van der Waals surface area contributed by atoms with Crippen LogP contribution in [-0.4, -0.2) is 24.1 Å². The Morgan fingerprint density at radius 3 is 3.06 bits per heavy atom. The second kappa shape index (κ2) is 7.35. The summed E-state index contributed by atoms with van der Waals surface area (Å²) in [5.41, 5.74) is 0. The summed E-state index contributed by atoms with van der Waals surface area (Å²) < 4.78 is 6.00. The summed E-state index contributed by atoms with van der Waals surface area (Å²) in [4.78, 5) is 15.5. The number of amides is 1. The molecule has 0 atom stereocenters. The molecule has 0 aromatic carbocycles. The molecule has 1 aromatic rings. The van der Waals surface area contributed by atoms with Crippen LogP contribution in [-0.2, 0) is 9.53 Å². The van der Waals surface area contributed by atoms with Crippen molar-refractivity contribution in [3.63, 3.8) is 0 Å². The van der Waals surface area contributed by atoms with E-state index >= 15 is 0 Å². The lowest BCUT2D eigenvalue weighted by Gasteiger charge is -2.06. The SMILES string of the molecule is CCCOCCC(=O)Nc1ncccc1Br. The number of halogens is 1. The van der Waals surface area contributed by atoms with Crippen LogP contribution in [0.5, 0.6) is 0 Å². The number of carbonyl (C=O) groups is 1. The topological polar surface area (TPSA) is 51.2 Å². The van der Waals surface area contributed by atoms with Crippen molar-refractivity contribution in [1.29, 1.82) is 0 Å². The molecule has 1 heterocycles. The van der Waals surface area contributed by atoms with Gasteiger partial charge in [0.1, 0.15) is 5.82 Å². The Labute approximate surface area is 104 Å². The molecule has 1 rings (SSSR count). The van der Waals surface area contributed by atoms with Gasteiger partial charge in [0, 0.05) is 12.8 Å². The van der Waals surface area contributed by atoms with Gasteiger partial charge in [-0.3, -0.25) is 4.79 Å². The van der Waals surface area contributed by atoms with Crippen molar-refractivity contribution >= 4 is 27.7 Å². The first-order valence-electron chi connectivity index (χ1n) is 5.22. The molecule has 1 aromatic heterocycles. The molecular formula is C11H15BrN2O2. The van der Waals surface area contributed by atoms with Gasteiger partial charge in [-0.2, -0.15) is 0 Å². The Morgan fingerprint density at radius 1 is 1.56 bits per heavy atom. The van der Waals surface area contributed by atoms with Crippen molar-refractivity contribution in [2.24, 2.45) is 0 Å². The van der Waals surface area contributed by atoms with Crippen LogP contribution in [0.4, 0.5) is 5.82 Å². The van der Waals surface area contributed by atoms with E-state index in [4.69, 9.17) is 4.74 Å². The molecule has 0 unspecified atom stereocenters. The van der Waals surface area contributed by atoms with E-state index in [1.165, 1.54) is 0 Å². The molecule has 0 saturated carbocycles. The summed E-state index contributed by atoms with van der Waals surface area (Å²) in [6.07, 6.45) is 2.95. The quantitative estimate of drug-likeness (QED) is 0.818. The number of anilines is 1. The van der Waals surface area contributed by atoms with Gasteiger partial charge in [0.25, 0.3) is 0 Å². The van der Waals surface area contributed by atoms with E-state index in [1.54, 1.807) is 12.3 Å². The minimum atomic E-state index is -0.0875. The highest BCUT2D eigenvalue weighted by molar-refractivity contribution is 9.10. The molecule has 1 N–H and O–H groups in total. The highest BCUT2D eigenvalue weighted by Gasteiger charge is 2.05.